The van der Waals surface area contributed by atoms with Gasteiger partial charge in [-0.05, 0) is 0 Å². The van der Waals surface area contributed by atoms with Crippen LogP contribution >= 0.6 is 11.6 Å². The minimum atomic E-state index is -5.03. The van der Waals surface area contributed by atoms with Crippen LogP contribution in [-0.2, 0) is 14.3 Å². The van der Waals surface area contributed by atoms with E-state index in [9.17, 15) is 22.8 Å². The number of rotatable bonds is 4. The molecular formula is C6H7ClF3NO3. The van der Waals surface area contributed by atoms with Gasteiger partial charge >= 0.3 is 12.1 Å². The van der Waals surface area contributed by atoms with Crippen LogP contribution in [0.25, 0.3) is 0 Å². The summed E-state index contributed by atoms with van der Waals surface area (Å²) in [7, 11) is 0. The van der Waals surface area contributed by atoms with E-state index in [1.54, 1.807) is 0 Å². The molecule has 4 nitrogen and oxygen atoms in total. The van der Waals surface area contributed by atoms with Crippen LogP contribution in [0.15, 0.2) is 0 Å². The monoisotopic (exact) mass is 233 g/mol. The summed E-state index contributed by atoms with van der Waals surface area (Å²) in [5.41, 5.74) is 4.40. The molecule has 0 fully saturated rings. The van der Waals surface area contributed by atoms with E-state index in [0.29, 0.717) is 0 Å². The fourth-order valence-corrected chi connectivity index (χ4v) is 0.711. The predicted octanol–water partition coefficient (Wildman–Crippen LogP) is 0.432. The molecule has 0 radical (unpaired) electrons. The largest absolute Gasteiger partial charge is 0.464 e. The summed E-state index contributed by atoms with van der Waals surface area (Å²) in [6.45, 7) is -0.403. The van der Waals surface area contributed by atoms with E-state index < -0.39 is 30.6 Å². The van der Waals surface area contributed by atoms with Crippen molar-refractivity contribution < 1.29 is 27.5 Å². The molecule has 8 heteroatoms. The molecule has 82 valence electrons. The number of halogens is 4. The Bertz CT molecular complexity index is 231. The highest BCUT2D eigenvalue weighted by molar-refractivity contribution is 6.18. The number of alkyl halides is 4. The molecule has 14 heavy (non-hydrogen) atoms. The third-order valence-electron chi connectivity index (χ3n) is 1.17. The van der Waals surface area contributed by atoms with Crippen molar-refractivity contribution in [2.75, 3.05) is 12.5 Å². The van der Waals surface area contributed by atoms with E-state index in [4.69, 9.17) is 11.6 Å². The summed E-state index contributed by atoms with van der Waals surface area (Å²) in [5, 5.41) is 0. The molecule has 0 unspecified atom stereocenters. The Morgan fingerprint density at radius 1 is 1.43 bits per heavy atom. The second-order valence-corrected chi connectivity index (χ2v) is 2.61. The van der Waals surface area contributed by atoms with Crippen molar-refractivity contribution in [1.82, 2.24) is 0 Å². The van der Waals surface area contributed by atoms with Gasteiger partial charge in [-0.3, -0.25) is 9.59 Å². The number of ether oxygens (including phenoxy) is 1. The van der Waals surface area contributed by atoms with Gasteiger partial charge in [0.15, 0.2) is 0 Å². The van der Waals surface area contributed by atoms with E-state index in [0.717, 1.165) is 0 Å². The zero-order chi connectivity index (χ0) is 11.4. The second kappa shape index (κ2) is 5.04. The minimum absolute atomic E-state index is 0.158. The average molecular weight is 234 g/mol. The van der Waals surface area contributed by atoms with Crippen LogP contribution in [0, 0.1) is 5.92 Å². The molecule has 0 aromatic carbocycles. The molecule has 0 aromatic rings. The average Bonchev–Trinajstić information content (AvgIpc) is 1.97. The smallest absolute Gasteiger partial charge is 0.411 e. The van der Waals surface area contributed by atoms with Gasteiger partial charge in [-0.25, -0.2) is 0 Å². The molecule has 0 rings (SSSR count). The lowest BCUT2D eigenvalue weighted by Crippen LogP contribution is -2.42. The van der Waals surface area contributed by atoms with Crippen molar-refractivity contribution in [3.63, 3.8) is 0 Å². The van der Waals surface area contributed by atoms with Crippen LogP contribution in [-0.4, -0.2) is 30.5 Å². The van der Waals surface area contributed by atoms with Crippen molar-refractivity contribution in [3.05, 3.63) is 0 Å². The summed E-state index contributed by atoms with van der Waals surface area (Å²) in [4.78, 5) is 21.0. The lowest BCUT2D eigenvalue weighted by molar-refractivity contribution is -0.197. The van der Waals surface area contributed by atoms with Gasteiger partial charge < -0.3 is 10.5 Å². The predicted molar refractivity (Wildman–Crippen MR) is 40.4 cm³/mol. The SMILES string of the molecule is NC(=O)[C@@H](C(=O)OCCCl)C(F)(F)F. The molecule has 0 aliphatic heterocycles. The summed E-state index contributed by atoms with van der Waals surface area (Å²) in [6, 6.07) is 0. The van der Waals surface area contributed by atoms with Crippen LogP contribution in [0.3, 0.4) is 0 Å². The van der Waals surface area contributed by atoms with Crippen LogP contribution in [0.2, 0.25) is 0 Å². The van der Waals surface area contributed by atoms with Gasteiger partial charge in [-0.15, -0.1) is 11.6 Å². The van der Waals surface area contributed by atoms with Gasteiger partial charge in [0.25, 0.3) is 0 Å². The molecule has 1 atom stereocenters. The third-order valence-corrected chi connectivity index (χ3v) is 1.32. The normalized spacial score (nSPS) is 13.4. The Labute approximate surface area is 82.1 Å². The number of amides is 1. The highest BCUT2D eigenvalue weighted by Crippen LogP contribution is 2.26. The molecule has 0 saturated carbocycles. The molecular weight excluding hydrogens is 227 g/mol. The van der Waals surface area contributed by atoms with Gasteiger partial charge in [0.05, 0.1) is 5.88 Å². The standard InChI is InChI=1S/C6H7ClF3NO3/c7-1-2-14-5(13)3(4(11)12)6(8,9)10/h3H,1-2H2,(H2,11,12)/t3-/m0/s1. The number of hydrogen-bond donors (Lipinski definition) is 1. The topological polar surface area (TPSA) is 69.4 Å². The van der Waals surface area contributed by atoms with Crippen LogP contribution in [0.5, 0.6) is 0 Å². The Morgan fingerprint density at radius 2 is 1.93 bits per heavy atom. The molecule has 1 amide bonds. The maximum absolute atomic E-state index is 12.0. The zero-order valence-electron chi connectivity index (χ0n) is 6.81. The van der Waals surface area contributed by atoms with Crippen molar-refractivity contribution in [1.29, 1.82) is 0 Å². The van der Waals surface area contributed by atoms with Crippen LogP contribution in [0.4, 0.5) is 13.2 Å². The number of hydrogen-bond acceptors (Lipinski definition) is 3. The molecule has 0 heterocycles. The van der Waals surface area contributed by atoms with E-state index >= 15 is 0 Å². The highest BCUT2D eigenvalue weighted by Gasteiger charge is 2.50. The first-order chi connectivity index (χ1) is 6.30. The van der Waals surface area contributed by atoms with Gasteiger partial charge in [-0.2, -0.15) is 13.2 Å². The maximum Gasteiger partial charge on any atom is 0.411 e. The molecule has 0 bridgehead atoms. The first kappa shape index (κ1) is 13.0. The molecule has 0 aromatic heterocycles. The van der Waals surface area contributed by atoms with Gasteiger partial charge in [0.2, 0.25) is 11.8 Å². The van der Waals surface area contributed by atoms with E-state index in [-0.39, 0.29) is 5.88 Å². The lowest BCUT2D eigenvalue weighted by Gasteiger charge is -2.15. The number of esters is 1. The lowest BCUT2D eigenvalue weighted by atomic mass is 10.1. The number of nitrogens with two attached hydrogens (primary N) is 1. The van der Waals surface area contributed by atoms with E-state index in [1.165, 1.54) is 0 Å². The number of carbonyl (C=O) groups excluding carboxylic acids is 2. The molecule has 0 aliphatic carbocycles. The Balaban J connectivity index is 4.51. The van der Waals surface area contributed by atoms with Crippen LogP contribution in [0.1, 0.15) is 0 Å². The van der Waals surface area contributed by atoms with Crippen molar-refractivity contribution >= 4 is 23.5 Å². The minimum Gasteiger partial charge on any atom is -0.464 e. The van der Waals surface area contributed by atoms with Crippen molar-refractivity contribution in [2.45, 2.75) is 6.18 Å². The highest BCUT2D eigenvalue weighted by atomic mass is 35.5. The Kier molecular flexibility index (Phi) is 4.69. The van der Waals surface area contributed by atoms with Gasteiger partial charge in [0, 0.05) is 0 Å². The number of primary amides is 1. The summed E-state index contributed by atoms with van der Waals surface area (Å²) < 4.78 is 40.1. The first-order valence-corrected chi connectivity index (χ1v) is 3.92. The second-order valence-electron chi connectivity index (χ2n) is 2.23. The van der Waals surface area contributed by atoms with Crippen molar-refractivity contribution in [3.8, 4) is 0 Å². The molecule has 0 aliphatic rings. The molecule has 0 saturated heterocycles. The van der Waals surface area contributed by atoms with E-state index in [2.05, 4.69) is 10.5 Å². The molecule has 2 N–H and O–H groups in total. The number of carbonyl (C=O) groups is 2. The summed E-state index contributed by atoms with van der Waals surface area (Å²) in [5.74, 6) is -6.61. The maximum atomic E-state index is 12.0. The van der Waals surface area contributed by atoms with Crippen LogP contribution < -0.4 is 5.73 Å². The van der Waals surface area contributed by atoms with Gasteiger partial charge in [0.1, 0.15) is 6.61 Å². The summed E-state index contributed by atoms with van der Waals surface area (Å²) >= 11 is 5.07. The Hall–Kier alpha value is -0.980. The molecule has 0 spiro atoms. The third kappa shape index (κ3) is 3.82. The summed E-state index contributed by atoms with van der Waals surface area (Å²) in [6.07, 6.45) is -5.03. The quantitative estimate of drug-likeness (QED) is 0.435. The fraction of sp³-hybridized carbons (Fsp3) is 0.667. The Morgan fingerprint density at radius 3 is 2.21 bits per heavy atom. The zero-order valence-corrected chi connectivity index (χ0v) is 7.56. The van der Waals surface area contributed by atoms with Gasteiger partial charge in [-0.1, -0.05) is 0 Å². The fourth-order valence-electron chi connectivity index (χ4n) is 0.634. The first-order valence-electron chi connectivity index (χ1n) is 3.39. The van der Waals surface area contributed by atoms with E-state index in [1.807, 2.05) is 0 Å². The van der Waals surface area contributed by atoms with Crippen molar-refractivity contribution in [2.24, 2.45) is 11.7 Å².